The van der Waals surface area contributed by atoms with E-state index in [1.54, 1.807) is 0 Å². The van der Waals surface area contributed by atoms with Crippen LogP contribution in [0.4, 0.5) is 5.69 Å². The average molecular weight is 178 g/mol. The van der Waals surface area contributed by atoms with Gasteiger partial charge in [-0.2, -0.15) is 0 Å². The first-order chi connectivity index (χ1) is 6.27. The highest BCUT2D eigenvalue weighted by molar-refractivity contribution is 5.48. The maximum Gasteiger partial charge on any atom is 0.0343 e. The van der Waals surface area contributed by atoms with Crippen molar-refractivity contribution in [2.24, 2.45) is 5.73 Å². The van der Waals surface area contributed by atoms with Gasteiger partial charge in [0, 0.05) is 18.8 Å². The molecule has 0 radical (unpaired) electrons. The van der Waals surface area contributed by atoms with Crippen molar-refractivity contribution in [3.8, 4) is 0 Å². The third kappa shape index (κ3) is 2.74. The molecule has 2 nitrogen and oxygen atoms in total. The maximum atomic E-state index is 5.41. The molecule has 0 aromatic heterocycles. The fourth-order valence-electron chi connectivity index (χ4n) is 1.38. The SMILES string of the molecule is CCc1cc(NCCN)ccc1C. The van der Waals surface area contributed by atoms with Gasteiger partial charge >= 0.3 is 0 Å². The van der Waals surface area contributed by atoms with Crippen molar-refractivity contribution < 1.29 is 0 Å². The summed E-state index contributed by atoms with van der Waals surface area (Å²) in [7, 11) is 0. The summed E-state index contributed by atoms with van der Waals surface area (Å²) < 4.78 is 0. The van der Waals surface area contributed by atoms with E-state index in [0.29, 0.717) is 6.54 Å². The van der Waals surface area contributed by atoms with Gasteiger partial charge in [0.2, 0.25) is 0 Å². The quantitative estimate of drug-likeness (QED) is 0.739. The first-order valence-electron chi connectivity index (χ1n) is 4.81. The van der Waals surface area contributed by atoms with E-state index in [4.69, 9.17) is 5.73 Å². The van der Waals surface area contributed by atoms with Crippen molar-refractivity contribution in [1.82, 2.24) is 0 Å². The molecule has 0 spiro atoms. The first-order valence-corrected chi connectivity index (χ1v) is 4.81. The zero-order chi connectivity index (χ0) is 9.68. The van der Waals surface area contributed by atoms with E-state index in [2.05, 4.69) is 37.4 Å². The van der Waals surface area contributed by atoms with Gasteiger partial charge in [0.15, 0.2) is 0 Å². The summed E-state index contributed by atoms with van der Waals surface area (Å²) in [6, 6.07) is 6.45. The topological polar surface area (TPSA) is 38.0 Å². The number of aryl methyl sites for hydroxylation is 2. The molecule has 0 fully saturated rings. The summed E-state index contributed by atoms with van der Waals surface area (Å²) in [4.78, 5) is 0. The lowest BCUT2D eigenvalue weighted by molar-refractivity contribution is 1.02. The Balaban J connectivity index is 2.74. The Kier molecular flexibility index (Phi) is 3.77. The average Bonchev–Trinajstić information content (AvgIpc) is 2.16. The first kappa shape index (κ1) is 10.1. The minimum absolute atomic E-state index is 0.676. The Labute approximate surface area is 80.1 Å². The predicted molar refractivity (Wildman–Crippen MR) is 58.1 cm³/mol. The molecule has 0 amide bonds. The van der Waals surface area contributed by atoms with Gasteiger partial charge < -0.3 is 11.1 Å². The molecule has 0 saturated heterocycles. The number of nitrogens with two attached hydrogens (primary N) is 1. The Morgan fingerprint density at radius 3 is 2.77 bits per heavy atom. The number of anilines is 1. The fraction of sp³-hybridized carbons (Fsp3) is 0.455. The molecule has 0 unspecified atom stereocenters. The van der Waals surface area contributed by atoms with Crippen LogP contribution in [0.1, 0.15) is 18.1 Å². The second-order valence-electron chi connectivity index (χ2n) is 3.21. The van der Waals surface area contributed by atoms with Crippen LogP contribution in [-0.4, -0.2) is 13.1 Å². The van der Waals surface area contributed by atoms with Crippen molar-refractivity contribution in [2.75, 3.05) is 18.4 Å². The number of rotatable bonds is 4. The molecule has 1 aromatic rings. The van der Waals surface area contributed by atoms with Crippen molar-refractivity contribution >= 4 is 5.69 Å². The van der Waals surface area contributed by atoms with E-state index in [9.17, 15) is 0 Å². The Hall–Kier alpha value is -1.02. The van der Waals surface area contributed by atoms with Crippen LogP contribution in [0, 0.1) is 6.92 Å². The molecule has 0 saturated carbocycles. The third-order valence-corrected chi connectivity index (χ3v) is 2.20. The van der Waals surface area contributed by atoms with Gasteiger partial charge in [-0.1, -0.05) is 13.0 Å². The summed E-state index contributed by atoms with van der Waals surface area (Å²) in [6.45, 7) is 5.84. The predicted octanol–water partition coefficient (Wildman–Crippen LogP) is 1.93. The lowest BCUT2D eigenvalue weighted by Gasteiger charge is -2.08. The Bertz CT molecular complexity index is 269. The van der Waals surface area contributed by atoms with Gasteiger partial charge in [-0.25, -0.2) is 0 Å². The van der Waals surface area contributed by atoms with E-state index in [-0.39, 0.29) is 0 Å². The maximum absolute atomic E-state index is 5.41. The normalized spacial score (nSPS) is 10.1. The van der Waals surface area contributed by atoms with Crippen LogP contribution in [0.3, 0.4) is 0 Å². The van der Waals surface area contributed by atoms with Gasteiger partial charge in [-0.15, -0.1) is 0 Å². The number of benzene rings is 1. The molecule has 2 heteroatoms. The molecule has 0 aliphatic rings. The minimum Gasteiger partial charge on any atom is -0.384 e. The molecule has 0 atom stereocenters. The molecule has 13 heavy (non-hydrogen) atoms. The monoisotopic (exact) mass is 178 g/mol. The lowest BCUT2D eigenvalue weighted by atomic mass is 10.1. The van der Waals surface area contributed by atoms with E-state index in [1.807, 2.05) is 0 Å². The highest BCUT2D eigenvalue weighted by Gasteiger charge is 1.97. The zero-order valence-electron chi connectivity index (χ0n) is 8.43. The molecule has 72 valence electrons. The zero-order valence-corrected chi connectivity index (χ0v) is 8.43. The van der Waals surface area contributed by atoms with Crippen LogP contribution in [0.15, 0.2) is 18.2 Å². The van der Waals surface area contributed by atoms with Crippen LogP contribution in [-0.2, 0) is 6.42 Å². The molecular weight excluding hydrogens is 160 g/mol. The molecule has 0 heterocycles. The van der Waals surface area contributed by atoms with Gasteiger partial charge in [-0.3, -0.25) is 0 Å². The lowest BCUT2D eigenvalue weighted by Crippen LogP contribution is -2.13. The van der Waals surface area contributed by atoms with Crippen LogP contribution >= 0.6 is 0 Å². The standard InChI is InChI=1S/C11H18N2/c1-3-10-8-11(13-7-6-12)5-4-9(10)2/h4-5,8,13H,3,6-7,12H2,1-2H3. The number of hydrogen-bond donors (Lipinski definition) is 2. The Morgan fingerprint density at radius 2 is 2.15 bits per heavy atom. The molecular formula is C11H18N2. The van der Waals surface area contributed by atoms with Gasteiger partial charge in [0.05, 0.1) is 0 Å². The van der Waals surface area contributed by atoms with E-state index in [1.165, 1.54) is 16.8 Å². The third-order valence-electron chi connectivity index (χ3n) is 2.20. The Morgan fingerprint density at radius 1 is 1.38 bits per heavy atom. The van der Waals surface area contributed by atoms with Crippen molar-refractivity contribution in [3.05, 3.63) is 29.3 Å². The van der Waals surface area contributed by atoms with Crippen molar-refractivity contribution in [2.45, 2.75) is 20.3 Å². The summed E-state index contributed by atoms with van der Waals surface area (Å²) in [6.07, 6.45) is 1.09. The molecule has 0 aliphatic heterocycles. The smallest absolute Gasteiger partial charge is 0.0343 e. The van der Waals surface area contributed by atoms with Crippen molar-refractivity contribution in [3.63, 3.8) is 0 Å². The van der Waals surface area contributed by atoms with E-state index < -0.39 is 0 Å². The molecule has 3 N–H and O–H groups in total. The molecule has 1 rings (SSSR count). The second kappa shape index (κ2) is 4.87. The van der Waals surface area contributed by atoms with Gasteiger partial charge in [0.25, 0.3) is 0 Å². The van der Waals surface area contributed by atoms with E-state index >= 15 is 0 Å². The second-order valence-corrected chi connectivity index (χ2v) is 3.21. The van der Waals surface area contributed by atoms with Crippen LogP contribution < -0.4 is 11.1 Å². The van der Waals surface area contributed by atoms with Gasteiger partial charge in [-0.05, 0) is 36.6 Å². The van der Waals surface area contributed by atoms with Crippen molar-refractivity contribution in [1.29, 1.82) is 0 Å². The summed E-state index contributed by atoms with van der Waals surface area (Å²) in [5.74, 6) is 0. The van der Waals surface area contributed by atoms with Crippen LogP contribution in [0.2, 0.25) is 0 Å². The van der Waals surface area contributed by atoms with Crippen LogP contribution in [0.5, 0.6) is 0 Å². The highest BCUT2D eigenvalue weighted by Crippen LogP contribution is 2.15. The molecule has 1 aromatic carbocycles. The largest absolute Gasteiger partial charge is 0.384 e. The number of nitrogens with one attached hydrogen (secondary N) is 1. The highest BCUT2D eigenvalue weighted by atomic mass is 14.9. The minimum atomic E-state index is 0.676. The molecule has 0 aliphatic carbocycles. The fourth-order valence-corrected chi connectivity index (χ4v) is 1.38. The van der Waals surface area contributed by atoms with Gasteiger partial charge in [0.1, 0.15) is 0 Å². The number of hydrogen-bond acceptors (Lipinski definition) is 2. The van der Waals surface area contributed by atoms with Crippen LogP contribution in [0.25, 0.3) is 0 Å². The summed E-state index contributed by atoms with van der Waals surface area (Å²) >= 11 is 0. The molecule has 0 bridgehead atoms. The van der Waals surface area contributed by atoms with E-state index in [0.717, 1.165) is 13.0 Å². The summed E-state index contributed by atoms with van der Waals surface area (Å²) in [5.41, 5.74) is 9.35. The summed E-state index contributed by atoms with van der Waals surface area (Å²) in [5, 5.41) is 3.27.